The number of hydrogen-bond acceptors (Lipinski definition) is 5. The molecule has 1 heterocycles. The van der Waals surface area contributed by atoms with Gasteiger partial charge in [-0.3, -0.25) is 0 Å². The predicted octanol–water partition coefficient (Wildman–Crippen LogP) is 3.68. The molecule has 144 valence electrons. The first kappa shape index (κ1) is 22.5. The maximum atomic E-state index is 5.95. The quantitative estimate of drug-likeness (QED) is 0.367. The molecule has 3 N–H and O–H groups in total. The number of methoxy groups -OCH3 is 2. The molecular formula is C18H27IN4O2S. The van der Waals surface area contributed by atoms with E-state index in [-0.39, 0.29) is 29.4 Å². The van der Waals surface area contributed by atoms with Crippen molar-refractivity contribution in [2.75, 3.05) is 14.2 Å². The van der Waals surface area contributed by atoms with Gasteiger partial charge in [0, 0.05) is 10.8 Å². The minimum absolute atomic E-state index is 0. The summed E-state index contributed by atoms with van der Waals surface area (Å²) in [4.78, 5) is 8.99. The van der Waals surface area contributed by atoms with Crippen LogP contribution < -0.4 is 20.5 Å². The summed E-state index contributed by atoms with van der Waals surface area (Å²) in [6, 6.07) is 5.69. The van der Waals surface area contributed by atoms with Gasteiger partial charge in [0.1, 0.15) is 5.01 Å². The van der Waals surface area contributed by atoms with Gasteiger partial charge in [0.05, 0.1) is 33.0 Å². The third kappa shape index (κ3) is 6.31. The second kappa shape index (κ2) is 9.96. The SMILES string of the molecule is COc1ccc(CN=C(N)NCc2nc(C(C)(C)C)cs2)cc1OC.I. The molecule has 0 aliphatic heterocycles. The average molecular weight is 490 g/mol. The molecule has 1 aromatic carbocycles. The van der Waals surface area contributed by atoms with Crippen molar-refractivity contribution < 1.29 is 9.47 Å². The highest BCUT2D eigenvalue weighted by Crippen LogP contribution is 2.27. The Labute approximate surface area is 176 Å². The number of nitrogens with zero attached hydrogens (tertiary/aromatic N) is 2. The zero-order valence-corrected chi connectivity index (χ0v) is 19.0. The Morgan fingerprint density at radius 3 is 2.50 bits per heavy atom. The molecule has 0 aliphatic carbocycles. The molecule has 0 atom stereocenters. The van der Waals surface area contributed by atoms with Gasteiger partial charge < -0.3 is 20.5 Å². The van der Waals surface area contributed by atoms with E-state index >= 15 is 0 Å². The van der Waals surface area contributed by atoms with Crippen LogP contribution in [0.25, 0.3) is 0 Å². The van der Waals surface area contributed by atoms with Crippen molar-refractivity contribution in [2.45, 2.75) is 39.3 Å². The molecule has 8 heteroatoms. The van der Waals surface area contributed by atoms with Crippen LogP contribution in [0.4, 0.5) is 0 Å². The van der Waals surface area contributed by atoms with E-state index < -0.39 is 0 Å². The van der Waals surface area contributed by atoms with Gasteiger partial charge in [-0.05, 0) is 17.7 Å². The fourth-order valence-corrected chi connectivity index (χ4v) is 3.07. The molecule has 0 saturated carbocycles. The third-order valence-corrected chi connectivity index (χ3v) is 4.47. The van der Waals surface area contributed by atoms with Crippen molar-refractivity contribution >= 4 is 41.3 Å². The van der Waals surface area contributed by atoms with E-state index in [0.29, 0.717) is 30.5 Å². The summed E-state index contributed by atoms with van der Waals surface area (Å²) in [5.41, 5.74) is 8.09. The average Bonchev–Trinajstić information content (AvgIpc) is 3.07. The molecule has 2 rings (SSSR count). The van der Waals surface area contributed by atoms with Crippen molar-refractivity contribution in [3.05, 3.63) is 39.8 Å². The van der Waals surface area contributed by atoms with Crippen molar-refractivity contribution in [1.82, 2.24) is 10.3 Å². The van der Waals surface area contributed by atoms with Crippen LogP contribution in [0.3, 0.4) is 0 Å². The zero-order chi connectivity index (χ0) is 18.4. The Bertz CT molecular complexity index is 741. The maximum absolute atomic E-state index is 5.95. The Hall–Kier alpha value is -1.55. The minimum Gasteiger partial charge on any atom is -0.493 e. The van der Waals surface area contributed by atoms with E-state index in [0.717, 1.165) is 16.3 Å². The molecular weight excluding hydrogens is 463 g/mol. The fraction of sp³-hybridized carbons (Fsp3) is 0.444. The first-order valence-corrected chi connectivity index (χ1v) is 8.91. The number of guanidine groups is 1. The van der Waals surface area contributed by atoms with E-state index in [9.17, 15) is 0 Å². The van der Waals surface area contributed by atoms with Crippen LogP contribution in [0, 0.1) is 0 Å². The third-order valence-electron chi connectivity index (χ3n) is 3.62. The van der Waals surface area contributed by atoms with Crippen LogP contribution >= 0.6 is 35.3 Å². The number of thiazole rings is 1. The summed E-state index contributed by atoms with van der Waals surface area (Å²) in [5.74, 6) is 1.77. The van der Waals surface area contributed by atoms with E-state index in [1.165, 1.54) is 0 Å². The van der Waals surface area contributed by atoms with Gasteiger partial charge in [-0.1, -0.05) is 26.8 Å². The molecule has 6 nitrogen and oxygen atoms in total. The fourth-order valence-electron chi connectivity index (χ4n) is 2.11. The summed E-state index contributed by atoms with van der Waals surface area (Å²) < 4.78 is 10.5. The Morgan fingerprint density at radius 2 is 1.92 bits per heavy atom. The summed E-state index contributed by atoms with van der Waals surface area (Å²) >= 11 is 1.63. The van der Waals surface area contributed by atoms with Crippen molar-refractivity contribution in [1.29, 1.82) is 0 Å². The lowest BCUT2D eigenvalue weighted by atomic mass is 9.93. The predicted molar refractivity (Wildman–Crippen MR) is 118 cm³/mol. The molecule has 0 unspecified atom stereocenters. The Balaban J connectivity index is 0.00000338. The van der Waals surface area contributed by atoms with Gasteiger partial charge in [0.2, 0.25) is 0 Å². The smallest absolute Gasteiger partial charge is 0.189 e. The van der Waals surface area contributed by atoms with Gasteiger partial charge in [0.25, 0.3) is 0 Å². The molecule has 0 bridgehead atoms. The lowest BCUT2D eigenvalue weighted by Crippen LogP contribution is -2.31. The number of rotatable bonds is 6. The monoisotopic (exact) mass is 490 g/mol. The first-order valence-electron chi connectivity index (χ1n) is 8.03. The van der Waals surface area contributed by atoms with Gasteiger partial charge in [-0.15, -0.1) is 35.3 Å². The van der Waals surface area contributed by atoms with E-state index in [4.69, 9.17) is 15.2 Å². The second-order valence-corrected chi connectivity index (χ2v) is 7.56. The normalized spacial score (nSPS) is 11.7. The number of benzene rings is 1. The van der Waals surface area contributed by atoms with E-state index in [1.807, 2.05) is 18.2 Å². The summed E-state index contributed by atoms with van der Waals surface area (Å²) in [5, 5.41) is 6.19. The van der Waals surface area contributed by atoms with Gasteiger partial charge in [0.15, 0.2) is 17.5 Å². The summed E-state index contributed by atoms with van der Waals surface area (Å²) in [6.45, 7) is 7.49. The highest BCUT2D eigenvalue weighted by molar-refractivity contribution is 14.0. The number of aromatic nitrogens is 1. The van der Waals surface area contributed by atoms with Crippen LogP contribution in [0.1, 0.15) is 37.0 Å². The van der Waals surface area contributed by atoms with Crippen LogP contribution in [0.15, 0.2) is 28.6 Å². The molecule has 0 saturated heterocycles. The van der Waals surface area contributed by atoms with Crippen LogP contribution in [0.5, 0.6) is 11.5 Å². The standard InChI is InChI=1S/C18H26N4O2S.HI/c1-18(2,3)15-11-25-16(22-15)10-21-17(19)20-9-12-6-7-13(23-4)14(8-12)24-5;/h6-8,11H,9-10H2,1-5H3,(H3,19,20,21);1H. The highest BCUT2D eigenvalue weighted by Gasteiger charge is 2.17. The summed E-state index contributed by atoms with van der Waals surface area (Å²) in [7, 11) is 3.22. The van der Waals surface area contributed by atoms with Crippen LogP contribution in [-0.2, 0) is 18.5 Å². The summed E-state index contributed by atoms with van der Waals surface area (Å²) in [6.07, 6.45) is 0. The molecule has 0 spiro atoms. The Morgan fingerprint density at radius 1 is 1.23 bits per heavy atom. The van der Waals surface area contributed by atoms with E-state index in [2.05, 4.69) is 41.4 Å². The lowest BCUT2D eigenvalue weighted by molar-refractivity contribution is 0.354. The van der Waals surface area contributed by atoms with Gasteiger partial charge >= 0.3 is 0 Å². The largest absolute Gasteiger partial charge is 0.493 e. The molecule has 1 aromatic heterocycles. The molecule has 26 heavy (non-hydrogen) atoms. The topological polar surface area (TPSA) is 81.8 Å². The minimum atomic E-state index is 0. The molecule has 0 fully saturated rings. The van der Waals surface area contributed by atoms with Crippen LogP contribution in [-0.4, -0.2) is 25.2 Å². The highest BCUT2D eigenvalue weighted by atomic mass is 127. The molecule has 0 radical (unpaired) electrons. The number of nitrogens with one attached hydrogen (secondary N) is 1. The second-order valence-electron chi connectivity index (χ2n) is 6.62. The lowest BCUT2D eigenvalue weighted by Gasteiger charge is -2.14. The van der Waals surface area contributed by atoms with E-state index in [1.54, 1.807) is 25.6 Å². The zero-order valence-electron chi connectivity index (χ0n) is 15.8. The maximum Gasteiger partial charge on any atom is 0.189 e. The van der Waals surface area contributed by atoms with Crippen molar-refractivity contribution in [2.24, 2.45) is 10.7 Å². The van der Waals surface area contributed by atoms with Crippen molar-refractivity contribution in [3.63, 3.8) is 0 Å². The molecule has 0 aliphatic rings. The number of hydrogen-bond donors (Lipinski definition) is 2. The molecule has 2 aromatic rings. The first-order chi connectivity index (χ1) is 11.8. The Kier molecular flexibility index (Phi) is 8.61. The van der Waals surface area contributed by atoms with Crippen molar-refractivity contribution in [3.8, 4) is 11.5 Å². The number of ether oxygens (including phenoxy) is 2. The van der Waals surface area contributed by atoms with Crippen LogP contribution in [0.2, 0.25) is 0 Å². The number of nitrogens with two attached hydrogens (primary N) is 1. The molecule has 0 amide bonds. The van der Waals surface area contributed by atoms with Gasteiger partial charge in [-0.2, -0.15) is 0 Å². The van der Waals surface area contributed by atoms with Gasteiger partial charge in [-0.25, -0.2) is 9.98 Å². The number of aliphatic imine (C=N–C) groups is 1. The number of halogens is 1.